The van der Waals surface area contributed by atoms with Gasteiger partial charge in [0.05, 0.1) is 10.6 Å². The molecule has 1 unspecified atom stereocenters. The van der Waals surface area contributed by atoms with Crippen LogP contribution in [0.5, 0.6) is 0 Å². The number of aromatic nitrogens is 2. The molecule has 1 heterocycles. The summed E-state index contributed by atoms with van der Waals surface area (Å²) in [4.78, 5) is 0.995. The third kappa shape index (κ3) is 2.91. The highest BCUT2D eigenvalue weighted by molar-refractivity contribution is 7.05. The van der Waals surface area contributed by atoms with Gasteiger partial charge in [0.25, 0.3) is 0 Å². The fourth-order valence-corrected chi connectivity index (χ4v) is 2.68. The first-order valence-corrected chi connectivity index (χ1v) is 6.67. The smallest absolute Gasteiger partial charge is 0.123 e. The van der Waals surface area contributed by atoms with E-state index in [-0.39, 0.29) is 11.9 Å². The highest BCUT2D eigenvalue weighted by atomic mass is 32.1. The lowest BCUT2D eigenvalue weighted by Gasteiger charge is -2.12. The van der Waals surface area contributed by atoms with Gasteiger partial charge >= 0.3 is 0 Å². The highest BCUT2D eigenvalue weighted by Crippen LogP contribution is 2.27. The third-order valence-corrected chi connectivity index (χ3v) is 3.64. The summed E-state index contributed by atoms with van der Waals surface area (Å²) in [5, 5.41) is 4.11. The maximum absolute atomic E-state index is 13.1. The third-order valence-electron chi connectivity index (χ3n) is 2.77. The Morgan fingerprint density at radius 3 is 2.83 bits per heavy atom. The van der Waals surface area contributed by atoms with Crippen molar-refractivity contribution < 1.29 is 4.39 Å². The van der Waals surface area contributed by atoms with Gasteiger partial charge in [-0.3, -0.25) is 0 Å². The molecule has 2 rings (SSSR count). The van der Waals surface area contributed by atoms with E-state index in [0.717, 1.165) is 16.1 Å². The molecule has 0 aliphatic carbocycles. The van der Waals surface area contributed by atoms with E-state index >= 15 is 0 Å². The van der Waals surface area contributed by atoms with E-state index in [9.17, 15) is 4.39 Å². The largest absolute Gasteiger partial charge is 0.323 e. The fraction of sp³-hybridized carbons (Fsp3) is 0.385. The lowest BCUT2D eigenvalue weighted by Crippen LogP contribution is -2.14. The second kappa shape index (κ2) is 5.54. The van der Waals surface area contributed by atoms with E-state index in [2.05, 4.69) is 23.4 Å². The first-order valence-electron chi connectivity index (χ1n) is 5.90. The molecule has 2 N–H and O–H groups in total. The van der Waals surface area contributed by atoms with Crippen molar-refractivity contribution in [3.63, 3.8) is 0 Å². The van der Waals surface area contributed by atoms with Gasteiger partial charge in [-0.25, -0.2) is 4.39 Å². The summed E-state index contributed by atoms with van der Waals surface area (Å²) >= 11 is 1.33. The van der Waals surface area contributed by atoms with Crippen molar-refractivity contribution in [2.45, 2.75) is 32.2 Å². The molecule has 0 amide bonds. The molecule has 0 aliphatic heterocycles. The summed E-state index contributed by atoms with van der Waals surface area (Å²) in [6.45, 7) is 4.13. The summed E-state index contributed by atoms with van der Waals surface area (Å²) in [5.41, 5.74) is 8.01. The van der Waals surface area contributed by atoms with E-state index in [1.54, 1.807) is 6.07 Å². The minimum Gasteiger partial charge on any atom is -0.323 e. The quantitative estimate of drug-likeness (QED) is 0.924. The number of hydrogen-bond acceptors (Lipinski definition) is 4. The number of nitrogens with two attached hydrogens (primary N) is 1. The van der Waals surface area contributed by atoms with Gasteiger partial charge in [-0.15, -0.1) is 5.10 Å². The Morgan fingerprint density at radius 1 is 1.39 bits per heavy atom. The van der Waals surface area contributed by atoms with Crippen LogP contribution < -0.4 is 5.73 Å². The van der Waals surface area contributed by atoms with Gasteiger partial charge in [-0.1, -0.05) is 30.5 Å². The second-order valence-corrected chi connectivity index (χ2v) is 5.40. The zero-order chi connectivity index (χ0) is 13.1. The molecule has 2 aromatic rings. The first-order chi connectivity index (χ1) is 8.58. The zero-order valence-electron chi connectivity index (χ0n) is 10.4. The van der Waals surface area contributed by atoms with Crippen molar-refractivity contribution in [1.29, 1.82) is 0 Å². The van der Waals surface area contributed by atoms with E-state index in [4.69, 9.17) is 5.73 Å². The van der Waals surface area contributed by atoms with Crippen LogP contribution in [0.25, 0.3) is 0 Å². The van der Waals surface area contributed by atoms with Crippen molar-refractivity contribution in [1.82, 2.24) is 9.59 Å². The number of rotatable bonds is 4. The fourth-order valence-electron chi connectivity index (χ4n) is 1.87. The van der Waals surface area contributed by atoms with E-state index < -0.39 is 0 Å². The Kier molecular flexibility index (Phi) is 4.04. The molecule has 1 aromatic carbocycles. The molecule has 0 fully saturated rings. The predicted octanol–water partition coefficient (Wildman–Crippen LogP) is 3.04. The molecule has 0 saturated carbocycles. The molecule has 18 heavy (non-hydrogen) atoms. The number of halogens is 1. The minimum atomic E-state index is -0.230. The molecular formula is C13H16FN3S. The van der Waals surface area contributed by atoms with E-state index in [1.807, 2.05) is 6.07 Å². The standard InChI is InChI=1S/C13H16FN3S/c1-8(2)12-13(18-17-16-12)11(15)7-9-4-3-5-10(14)6-9/h3-6,8,11H,7,15H2,1-2H3. The van der Waals surface area contributed by atoms with Gasteiger partial charge in [-0.2, -0.15) is 0 Å². The van der Waals surface area contributed by atoms with Gasteiger partial charge in [0.1, 0.15) is 5.82 Å². The maximum Gasteiger partial charge on any atom is 0.123 e. The maximum atomic E-state index is 13.1. The molecule has 0 aliphatic rings. The predicted molar refractivity (Wildman–Crippen MR) is 71.0 cm³/mol. The average molecular weight is 265 g/mol. The van der Waals surface area contributed by atoms with Crippen molar-refractivity contribution in [3.05, 3.63) is 46.2 Å². The summed E-state index contributed by atoms with van der Waals surface area (Å²) in [6.07, 6.45) is 0.599. The van der Waals surface area contributed by atoms with Gasteiger partial charge in [0.2, 0.25) is 0 Å². The Labute approximate surface area is 110 Å². The molecule has 1 atom stereocenters. The molecule has 5 heteroatoms. The van der Waals surface area contributed by atoms with Gasteiger partial charge in [0, 0.05) is 6.04 Å². The van der Waals surface area contributed by atoms with Crippen LogP contribution in [0.1, 0.15) is 41.9 Å². The van der Waals surface area contributed by atoms with Crippen LogP contribution in [0, 0.1) is 5.82 Å². The van der Waals surface area contributed by atoms with Crippen LogP contribution in [0.3, 0.4) is 0 Å². The average Bonchev–Trinajstić information content (AvgIpc) is 2.77. The van der Waals surface area contributed by atoms with E-state index in [0.29, 0.717) is 12.3 Å². The van der Waals surface area contributed by atoms with Crippen molar-refractivity contribution in [2.24, 2.45) is 5.73 Å². The topological polar surface area (TPSA) is 51.8 Å². The molecule has 0 saturated heterocycles. The summed E-state index contributed by atoms with van der Waals surface area (Å²) in [7, 11) is 0. The number of nitrogens with zero attached hydrogens (tertiary/aromatic N) is 2. The Morgan fingerprint density at radius 2 is 2.17 bits per heavy atom. The van der Waals surface area contributed by atoms with Gasteiger partial charge in [-0.05, 0) is 41.6 Å². The highest BCUT2D eigenvalue weighted by Gasteiger charge is 2.18. The van der Waals surface area contributed by atoms with Crippen LogP contribution in [0.4, 0.5) is 4.39 Å². The molecule has 0 spiro atoms. The normalized spacial score (nSPS) is 12.9. The number of hydrogen-bond donors (Lipinski definition) is 1. The summed E-state index contributed by atoms with van der Waals surface area (Å²) < 4.78 is 17.1. The minimum absolute atomic E-state index is 0.177. The summed E-state index contributed by atoms with van der Waals surface area (Å²) in [6, 6.07) is 6.36. The van der Waals surface area contributed by atoms with Crippen molar-refractivity contribution in [2.75, 3.05) is 0 Å². The second-order valence-electron chi connectivity index (χ2n) is 4.62. The lowest BCUT2D eigenvalue weighted by atomic mass is 10.0. The SMILES string of the molecule is CC(C)c1nnsc1C(N)Cc1cccc(F)c1. The van der Waals surface area contributed by atoms with Crippen molar-refractivity contribution in [3.8, 4) is 0 Å². The molecule has 96 valence electrons. The molecule has 0 bridgehead atoms. The Hall–Kier alpha value is -1.33. The lowest BCUT2D eigenvalue weighted by molar-refractivity contribution is 0.621. The number of benzene rings is 1. The molecular weight excluding hydrogens is 249 g/mol. The monoisotopic (exact) mass is 265 g/mol. The first kappa shape index (κ1) is 13.1. The van der Waals surface area contributed by atoms with Gasteiger partial charge in [0.15, 0.2) is 0 Å². The van der Waals surface area contributed by atoms with Crippen LogP contribution in [-0.2, 0) is 6.42 Å². The molecule has 1 aromatic heterocycles. The van der Waals surface area contributed by atoms with Crippen LogP contribution >= 0.6 is 11.5 Å². The Bertz CT molecular complexity index is 524. The van der Waals surface area contributed by atoms with Crippen LogP contribution in [0.2, 0.25) is 0 Å². The van der Waals surface area contributed by atoms with E-state index in [1.165, 1.54) is 23.7 Å². The summed E-state index contributed by atoms with van der Waals surface area (Å²) in [5.74, 6) is 0.0727. The zero-order valence-corrected chi connectivity index (χ0v) is 11.2. The molecule has 3 nitrogen and oxygen atoms in total. The molecule has 0 radical (unpaired) electrons. The van der Waals surface area contributed by atoms with Crippen LogP contribution in [0.15, 0.2) is 24.3 Å². The van der Waals surface area contributed by atoms with Crippen LogP contribution in [-0.4, -0.2) is 9.59 Å². The van der Waals surface area contributed by atoms with Gasteiger partial charge < -0.3 is 5.73 Å². The Balaban J connectivity index is 2.17. The van der Waals surface area contributed by atoms with Crippen molar-refractivity contribution >= 4 is 11.5 Å².